The lowest BCUT2D eigenvalue weighted by molar-refractivity contribution is -0.148. The van der Waals surface area contributed by atoms with Gasteiger partial charge in [-0.2, -0.15) is 0 Å². The number of likely N-dealkylation sites (N-methyl/N-ethyl adjacent to an activating group) is 1. The Hall–Kier alpha value is -1.30. The van der Waals surface area contributed by atoms with Crippen molar-refractivity contribution in [2.45, 2.75) is 51.7 Å². The van der Waals surface area contributed by atoms with Crippen LogP contribution >= 0.6 is 0 Å². The van der Waals surface area contributed by atoms with E-state index in [0.29, 0.717) is 32.5 Å². The number of aliphatic carboxylic acids is 1. The molecule has 0 spiro atoms. The molecule has 0 aromatic heterocycles. The summed E-state index contributed by atoms with van der Waals surface area (Å²) in [6.45, 7) is 7.82. The molecule has 6 heteroatoms. The fourth-order valence-corrected chi connectivity index (χ4v) is 2.24. The minimum atomic E-state index is -1.23. The molecule has 1 fully saturated rings. The number of urea groups is 1. The number of rotatable bonds is 3. The zero-order valence-electron chi connectivity index (χ0n) is 12.1. The predicted molar refractivity (Wildman–Crippen MR) is 70.9 cm³/mol. The van der Waals surface area contributed by atoms with Crippen LogP contribution in [0.25, 0.3) is 0 Å². The van der Waals surface area contributed by atoms with Crippen molar-refractivity contribution in [1.82, 2.24) is 9.80 Å². The van der Waals surface area contributed by atoms with E-state index < -0.39 is 17.1 Å². The molecular formula is C13H24N2O4. The van der Waals surface area contributed by atoms with Crippen LogP contribution in [-0.2, 0) is 4.79 Å². The number of carbonyl (C=O) groups excluding carboxylic acids is 1. The highest BCUT2D eigenvalue weighted by Crippen LogP contribution is 2.24. The third-order valence-corrected chi connectivity index (χ3v) is 3.86. The number of amides is 2. The van der Waals surface area contributed by atoms with Crippen molar-refractivity contribution in [3.05, 3.63) is 0 Å². The van der Waals surface area contributed by atoms with Crippen molar-refractivity contribution < 1.29 is 19.8 Å². The molecule has 1 heterocycles. The number of aliphatic hydroxyl groups is 1. The molecule has 0 radical (unpaired) electrons. The van der Waals surface area contributed by atoms with Gasteiger partial charge in [0.15, 0.2) is 0 Å². The lowest BCUT2D eigenvalue weighted by Crippen LogP contribution is -2.58. The zero-order valence-corrected chi connectivity index (χ0v) is 12.1. The molecule has 1 rings (SSSR count). The maximum Gasteiger partial charge on any atom is 0.329 e. The van der Waals surface area contributed by atoms with Crippen molar-refractivity contribution in [1.29, 1.82) is 0 Å². The van der Waals surface area contributed by atoms with Crippen LogP contribution in [0.2, 0.25) is 0 Å². The second-order valence-electron chi connectivity index (χ2n) is 5.87. The number of piperidine rings is 1. The average molecular weight is 272 g/mol. The second kappa shape index (κ2) is 5.36. The molecule has 0 aromatic carbocycles. The van der Waals surface area contributed by atoms with Crippen LogP contribution in [-0.4, -0.2) is 62.8 Å². The van der Waals surface area contributed by atoms with Crippen LogP contribution < -0.4 is 0 Å². The summed E-state index contributed by atoms with van der Waals surface area (Å²) >= 11 is 0. The van der Waals surface area contributed by atoms with Crippen LogP contribution in [0.5, 0.6) is 0 Å². The normalized spacial score (nSPS) is 19.1. The number of carboxylic acid groups (broad SMARTS) is 1. The summed E-state index contributed by atoms with van der Waals surface area (Å²) < 4.78 is 0. The van der Waals surface area contributed by atoms with Crippen molar-refractivity contribution in [2.24, 2.45) is 0 Å². The van der Waals surface area contributed by atoms with Gasteiger partial charge in [-0.05, 0) is 40.5 Å². The minimum absolute atomic E-state index is 0.273. The van der Waals surface area contributed by atoms with Gasteiger partial charge >= 0.3 is 12.0 Å². The number of hydrogen-bond acceptors (Lipinski definition) is 3. The Labute approximate surface area is 114 Å². The van der Waals surface area contributed by atoms with Gasteiger partial charge in [-0.3, -0.25) is 0 Å². The first kappa shape index (κ1) is 15.8. The Morgan fingerprint density at radius 2 is 1.79 bits per heavy atom. The van der Waals surface area contributed by atoms with Gasteiger partial charge < -0.3 is 20.0 Å². The Balaban J connectivity index is 2.78. The molecule has 2 N–H and O–H groups in total. The molecule has 0 saturated carbocycles. The number of nitrogens with zero attached hydrogens (tertiary/aromatic N) is 2. The van der Waals surface area contributed by atoms with Crippen LogP contribution in [0.15, 0.2) is 0 Å². The molecule has 0 aliphatic carbocycles. The first-order valence-electron chi connectivity index (χ1n) is 6.64. The Kier molecular flexibility index (Phi) is 4.45. The third kappa shape index (κ3) is 3.37. The van der Waals surface area contributed by atoms with E-state index in [1.165, 1.54) is 18.7 Å². The smallest absolute Gasteiger partial charge is 0.329 e. The first-order chi connectivity index (χ1) is 8.62. The maximum atomic E-state index is 12.4. The van der Waals surface area contributed by atoms with E-state index in [9.17, 15) is 19.8 Å². The highest BCUT2D eigenvalue weighted by atomic mass is 16.4. The Bertz CT molecular complexity index is 356. The van der Waals surface area contributed by atoms with E-state index >= 15 is 0 Å². The van der Waals surface area contributed by atoms with Gasteiger partial charge in [-0.1, -0.05) is 0 Å². The minimum Gasteiger partial charge on any atom is -0.480 e. The summed E-state index contributed by atoms with van der Waals surface area (Å²) in [7, 11) is 0. The monoisotopic (exact) mass is 272 g/mol. The van der Waals surface area contributed by atoms with E-state index in [-0.39, 0.29) is 6.03 Å². The third-order valence-electron chi connectivity index (χ3n) is 3.86. The molecule has 1 aliphatic rings. The fraction of sp³-hybridized carbons (Fsp3) is 0.846. The van der Waals surface area contributed by atoms with Gasteiger partial charge in [0.25, 0.3) is 0 Å². The number of carbonyl (C=O) groups is 2. The molecule has 0 atom stereocenters. The van der Waals surface area contributed by atoms with Crippen molar-refractivity contribution in [3.8, 4) is 0 Å². The maximum absolute atomic E-state index is 12.4. The topological polar surface area (TPSA) is 81.1 Å². The van der Waals surface area contributed by atoms with Crippen LogP contribution in [0.4, 0.5) is 4.79 Å². The molecule has 19 heavy (non-hydrogen) atoms. The lowest BCUT2D eigenvalue weighted by atomic mass is 9.94. The molecule has 1 aliphatic heterocycles. The SMILES string of the molecule is CCN(C(=O)N1CCC(C)(O)CC1)C(C)(C)C(=O)O. The molecule has 6 nitrogen and oxygen atoms in total. The summed E-state index contributed by atoms with van der Waals surface area (Å²) in [4.78, 5) is 26.6. The second-order valence-corrected chi connectivity index (χ2v) is 5.87. The molecule has 110 valence electrons. The van der Waals surface area contributed by atoms with Crippen LogP contribution in [0.1, 0.15) is 40.5 Å². The summed E-state index contributed by atoms with van der Waals surface area (Å²) in [5, 5.41) is 19.1. The highest BCUT2D eigenvalue weighted by Gasteiger charge is 2.40. The quantitative estimate of drug-likeness (QED) is 0.807. The number of hydrogen-bond donors (Lipinski definition) is 2. The summed E-state index contributed by atoms with van der Waals surface area (Å²) in [5.41, 5.74) is -1.96. The molecule has 0 bridgehead atoms. The van der Waals surface area contributed by atoms with Crippen molar-refractivity contribution >= 4 is 12.0 Å². The predicted octanol–water partition coefficient (Wildman–Crippen LogP) is 1.14. The number of carboxylic acids is 1. The molecule has 2 amide bonds. The number of likely N-dealkylation sites (tertiary alicyclic amines) is 1. The van der Waals surface area contributed by atoms with E-state index in [0.717, 1.165) is 0 Å². The summed E-state index contributed by atoms with van der Waals surface area (Å²) in [5.74, 6) is -1.02. The van der Waals surface area contributed by atoms with Crippen LogP contribution in [0.3, 0.4) is 0 Å². The van der Waals surface area contributed by atoms with E-state index in [2.05, 4.69) is 0 Å². The van der Waals surface area contributed by atoms with Crippen molar-refractivity contribution in [3.63, 3.8) is 0 Å². The van der Waals surface area contributed by atoms with E-state index in [1.807, 2.05) is 0 Å². The average Bonchev–Trinajstić information content (AvgIpc) is 2.28. The standard InChI is InChI=1S/C13H24N2O4/c1-5-15(12(2,3)10(16)17)11(18)14-8-6-13(4,19)7-9-14/h19H,5-9H2,1-4H3,(H,16,17). The first-order valence-corrected chi connectivity index (χ1v) is 6.64. The largest absolute Gasteiger partial charge is 0.480 e. The molecule has 0 unspecified atom stereocenters. The van der Waals surface area contributed by atoms with Crippen LogP contribution in [0, 0.1) is 0 Å². The fourth-order valence-electron chi connectivity index (χ4n) is 2.24. The Morgan fingerprint density at radius 3 is 2.16 bits per heavy atom. The van der Waals surface area contributed by atoms with Gasteiger partial charge in [-0.15, -0.1) is 0 Å². The van der Waals surface area contributed by atoms with Gasteiger partial charge in [0.2, 0.25) is 0 Å². The van der Waals surface area contributed by atoms with Gasteiger partial charge in [0, 0.05) is 19.6 Å². The molecule has 1 saturated heterocycles. The van der Waals surface area contributed by atoms with E-state index in [4.69, 9.17) is 0 Å². The lowest BCUT2D eigenvalue weighted by Gasteiger charge is -2.41. The Morgan fingerprint density at radius 1 is 1.32 bits per heavy atom. The van der Waals surface area contributed by atoms with Gasteiger partial charge in [-0.25, -0.2) is 9.59 Å². The van der Waals surface area contributed by atoms with Gasteiger partial charge in [0.1, 0.15) is 5.54 Å². The van der Waals surface area contributed by atoms with Crippen molar-refractivity contribution in [2.75, 3.05) is 19.6 Å². The molecular weight excluding hydrogens is 248 g/mol. The summed E-state index contributed by atoms with van der Waals surface area (Å²) in [6, 6.07) is -0.273. The molecule has 0 aromatic rings. The van der Waals surface area contributed by atoms with Gasteiger partial charge in [0.05, 0.1) is 5.60 Å². The zero-order chi connectivity index (χ0) is 14.8. The summed E-state index contributed by atoms with van der Waals surface area (Å²) in [6.07, 6.45) is 1.04. The highest BCUT2D eigenvalue weighted by molar-refractivity contribution is 5.85. The van der Waals surface area contributed by atoms with E-state index in [1.54, 1.807) is 18.7 Å².